The monoisotopic (exact) mass is 275 g/mol. The van der Waals surface area contributed by atoms with Crippen LogP contribution in [0, 0.1) is 12.8 Å². The smallest absolute Gasteiger partial charge is 0.251 e. The van der Waals surface area contributed by atoms with Gasteiger partial charge in [0.2, 0.25) is 5.91 Å². The van der Waals surface area contributed by atoms with Crippen LogP contribution < -0.4 is 16.4 Å². The number of carbonyl (C=O) groups is 2. The van der Waals surface area contributed by atoms with Gasteiger partial charge in [-0.15, -0.1) is 0 Å². The van der Waals surface area contributed by atoms with Crippen LogP contribution in [0.15, 0.2) is 18.2 Å². The van der Waals surface area contributed by atoms with Gasteiger partial charge >= 0.3 is 0 Å². The van der Waals surface area contributed by atoms with Crippen molar-refractivity contribution in [2.45, 2.75) is 32.2 Å². The molecule has 2 rings (SSSR count). The van der Waals surface area contributed by atoms with Crippen molar-refractivity contribution < 1.29 is 9.59 Å². The minimum absolute atomic E-state index is 0.146. The van der Waals surface area contributed by atoms with Crippen LogP contribution in [0.4, 0.5) is 5.69 Å². The topological polar surface area (TPSA) is 84.2 Å². The third-order valence-electron chi connectivity index (χ3n) is 3.88. The average Bonchev–Trinajstić information content (AvgIpc) is 3.24. The Morgan fingerprint density at radius 2 is 2.00 bits per heavy atom. The lowest BCUT2D eigenvalue weighted by Gasteiger charge is -2.23. The summed E-state index contributed by atoms with van der Waals surface area (Å²) in [5.41, 5.74) is 7.36. The molecule has 1 aromatic rings. The predicted molar refractivity (Wildman–Crippen MR) is 78.5 cm³/mol. The molecule has 0 saturated heterocycles. The lowest BCUT2D eigenvalue weighted by atomic mass is 9.96. The quantitative estimate of drug-likeness (QED) is 0.777. The van der Waals surface area contributed by atoms with Gasteiger partial charge in [-0.05, 0) is 56.4 Å². The molecule has 1 unspecified atom stereocenters. The SMILES string of the molecule is CNC(=O)c1ccc(NC(=O)C(C)(N)C2CC2)c(C)c1. The molecule has 108 valence electrons. The van der Waals surface area contributed by atoms with Crippen molar-refractivity contribution in [2.24, 2.45) is 11.7 Å². The molecule has 1 aliphatic rings. The van der Waals surface area contributed by atoms with Crippen LogP contribution in [-0.4, -0.2) is 24.4 Å². The molecular weight excluding hydrogens is 254 g/mol. The second kappa shape index (κ2) is 5.25. The normalized spacial score (nSPS) is 17.2. The first-order valence-corrected chi connectivity index (χ1v) is 6.79. The summed E-state index contributed by atoms with van der Waals surface area (Å²) in [7, 11) is 1.59. The van der Waals surface area contributed by atoms with Crippen LogP contribution in [0.2, 0.25) is 0 Å². The summed E-state index contributed by atoms with van der Waals surface area (Å²) in [6.07, 6.45) is 2.02. The van der Waals surface area contributed by atoms with Gasteiger partial charge in [-0.1, -0.05) is 0 Å². The largest absolute Gasteiger partial charge is 0.355 e. The first-order valence-electron chi connectivity index (χ1n) is 6.79. The van der Waals surface area contributed by atoms with Gasteiger partial charge in [0.25, 0.3) is 5.91 Å². The summed E-state index contributed by atoms with van der Waals surface area (Å²) in [5.74, 6) is -0.0450. The van der Waals surface area contributed by atoms with Crippen molar-refractivity contribution in [3.8, 4) is 0 Å². The number of aryl methyl sites for hydroxylation is 1. The summed E-state index contributed by atoms with van der Waals surface area (Å²) in [4.78, 5) is 23.8. The molecule has 1 aromatic carbocycles. The van der Waals surface area contributed by atoms with Crippen LogP contribution >= 0.6 is 0 Å². The molecule has 4 N–H and O–H groups in total. The van der Waals surface area contributed by atoms with Crippen LogP contribution in [-0.2, 0) is 4.79 Å². The van der Waals surface area contributed by atoms with Gasteiger partial charge in [-0.2, -0.15) is 0 Å². The van der Waals surface area contributed by atoms with Crippen molar-refractivity contribution in [3.05, 3.63) is 29.3 Å². The highest BCUT2D eigenvalue weighted by atomic mass is 16.2. The fourth-order valence-electron chi connectivity index (χ4n) is 2.21. The van der Waals surface area contributed by atoms with Crippen molar-refractivity contribution >= 4 is 17.5 Å². The van der Waals surface area contributed by atoms with E-state index >= 15 is 0 Å². The molecule has 0 spiro atoms. The molecule has 5 heteroatoms. The van der Waals surface area contributed by atoms with Gasteiger partial charge in [0, 0.05) is 18.3 Å². The van der Waals surface area contributed by atoms with Crippen molar-refractivity contribution in [1.82, 2.24) is 5.32 Å². The minimum atomic E-state index is -0.827. The zero-order valence-corrected chi connectivity index (χ0v) is 12.1. The molecule has 0 radical (unpaired) electrons. The Kier molecular flexibility index (Phi) is 3.81. The first kappa shape index (κ1) is 14.5. The summed E-state index contributed by atoms with van der Waals surface area (Å²) >= 11 is 0. The number of amides is 2. The summed E-state index contributed by atoms with van der Waals surface area (Å²) in [6.45, 7) is 3.63. The first-order chi connectivity index (χ1) is 9.36. The Balaban J connectivity index is 2.14. The number of anilines is 1. The predicted octanol–water partition coefficient (Wildman–Crippen LogP) is 1.42. The highest BCUT2D eigenvalue weighted by Crippen LogP contribution is 2.38. The van der Waals surface area contributed by atoms with Gasteiger partial charge in [0.15, 0.2) is 0 Å². The fraction of sp³-hybridized carbons (Fsp3) is 0.467. The number of benzene rings is 1. The Morgan fingerprint density at radius 3 is 2.50 bits per heavy atom. The Morgan fingerprint density at radius 1 is 1.35 bits per heavy atom. The van der Waals surface area contributed by atoms with Crippen LogP contribution in [0.5, 0.6) is 0 Å². The maximum absolute atomic E-state index is 12.2. The highest BCUT2D eigenvalue weighted by molar-refractivity contribution is 6.00. The van der Waals surface area contributed by atoms with Gasteiger partial charge in [0.1, 0.15) is 0 Å². The minimum Gasteiger partial charge on any atom is -0.355 e. The number of hydrogen-bond acceptors (Lipinski definition) is 3. The molecule has 2 amide bonds. The number of carbonyl (C=O) groups excluding carboxylic acids is 2. The molecule has 1 saturated carbocycles. The van der Waals surface area contributed by atoms with E-state index in [1.165, 1.54) is 0 Å². The van der Waals surface area contributed by atoms with Gasteiger partial charge in [-0.3, -0.25) is 9.59 Å². The van der Waals surface area contributed by atoms with Crippen molar-refractivity contribution in [2.75, 3.05) is 12.4 Å². The summed E-state index contributed by atoms with van der Waals surface area (Å²) in [6, 6.07) is 5.17. The summed E-state index contributed by atoms with van der Waals surface area (Å²) < 4.78 is 0. The number of hydrogen-bond donors (Lipinski definition) is 3. The lowest BCUT2D eigenvalue weighted by molar-refractivity contribution is -0.121. The van der Waals surface area contributed by atoms with E-state index in [1.807, 2.05) is 6.92 Å². The van der Waals surface area contributed by atoms with Gasteiger partial charge in [0.05, 0.1) is 5.54 Å². The fourth-order valence-corrected chi connectivity index (χ4v) is 2.21. The van der Waals surface area contributed by atoms with Crippen LogP contribution in [0.3, 0.4) is 0 Å². The van der Waals surface area contributed by atoms with Crippen LogP contribution in [0.1, 0.15) is 35.7 Å². The third-order valence-corrected chi connectivity index (χ3v) is 3.88. The lowest BCUT2D eigenvalue weighted by Crippen LogP contribution is -2.50. The molecule has 0 aliphatic heterocycles. The van der Waals surface area contributed by atoms with E-state index in [4.69, 9.17) is 5.73 Å². The van der Waals surface area contributed by atoms with Crippen molar-refractivity contribution in [1.29, 1.82) is 0 Å². The Labute approximate surface area is 118 Å². The molecule has 20 heavy (non-hydrogen) atoms. The van der Waals surface area contributed by atoms with E-state index in [1.54, 1.807) is 32.2 Å². The van der Waals surface area contributed by atoms with Gasteiger partial charge < -0.3 is 16.4 Å². The maximum Gasteiger partial charge on any atom is 0.251 e. The molecule has 1 atom stereocenters. The molecule has 0 bridgehead atoms. The van der Waals surface area contributed by atoms with Crippen LogP contribution in [0.25, 0.3) is 0 Å². The van der Waals surface area contributed by atoms with E-state index < -0.39 is 5.54 Å². The maximum atomic E-state index is 12.2. The molecular formula is C15H21N3O2. The van der Waals surface area contributed by atoms with E-state index in [9.17, 15) is 9.59 Å². The Bertz CT molecular complexity index is 548. The van der Waals surface area contributed by atoms with E-state index in [0.29, 0.717) is 11.3 Å². The number of nitrogens with two attached hydrogens (primary N) is 1. The van der Waals surface area contributed by atoms with Crippen molar-refractivity contribution in [3.63, 3.8) is 0 Å². The van der Waals surface area contributed by atoms with E-state index in [-0.39, 0.29) is 17.7 Å². The molecule has 0 aromatic heterocycles. The number of rotatable bonds is 4. The zero-order chi connectivity index (χ0) is 14.9. The number of nitrogens with one attached hydrogen (secondary N) is 2. The molecule has 5 nitrogen and oxygen atoms in total. The molecule has 0 heterocycles. The second-order valence-electron chi connectivity index (χ2n) is 5.62. The van der Waals surface area contributed by atoms with E-state index in [2.05, 4.69) is 10.6 Å². The third kappa shape index (κ3) is 2.82. The molecule has 1 fully saturated rings. The molecule has 1 aliphatic carbocycles. The summed E-state index contributed by atoms with van der Waals surface area (Å²) in [5, 5.41) is 5.43. The second-order valence-corrected chi connectivity index (χ2v) is 5.62. The van der Waals surface area contributed by atoms with Gasteiger partial charge in [-0.25, -0.2) is 0 Å². The zero-order valence-electron chi connectivity index (χ0n) is 12.1. The highest BCUT2D eigenvalue weighted by Gasteiger charge is 2.44. The standard InChI is InChI=1S/C15H21N3O2/c1-9-8-10(13(19)17-3)4-7-12(9)18-14(20)15(2,16)11-5-6-11/h4,7-8,11H,5-6,16H2,1-3H3,(H,17,19)(H,18,20). The van der Waals surface area contributed by atoms with E-state index in [0.717, 1.165) is 18.4 Å². The average molecular weight is 275 g/mol. The Hall–Kier alpha value is -1.88.